The molecular weight excluding hydrogens is 396 g/mol. The second-order valence-electron chi connectivity index (χ2n) is 6.25. The Balaban J connectivity index is 1.72. The molecule has 2 aromatic rings. The minimum Gasteiger partial charge on any atom is -0.495 e. The van der Waals surface area contributed by atoms with Gasteiger partial charge in [0.05, 0.1) is 25.3 Å². The van der Waals surface area contributed by atoms with Crippen molar-refractivity contribution in [1.29, 1.82) is 0 Å². The van der Waals surface area contributed by atoms with E-state index in [9.17, 15) is 14.4 Å². The number of rotatable bonds is 9. The number of carbonyl (C=O) groups excluding carboxylic acids is 3. The van der Waals surface area contributed by atoms with Crippen molar-refractivity contribution in [1.82, 2.24) is 5.32 Å². The molecule has 29 heavy (non-hydrogen) atoms. The van der Waals surface area contributed by atoms with E-state index in [1.54, 1.807) is 18.2 Å². The van der Waals surface area contributed by atoms with Crippen molar-refractivity contribution < 1.29 is 23.9 Å². The Hall–Kier alpha value is -3.06. The van der Waals surface area contributed by atoms with Crippen molar-refractivity contribution in [2.75, 3.05) is 19.0 Å². The summed E-state index contributed by atoms with van der Waals surface area (Å²) >= 11 is 5.91. The highest BCUT2D eigenvalue weighted by Crippen LogP contribution is 2.27. The van der Waals surface area contributed by atoms with E-state index in [4.69, 9.17) is 21.1 Å². The predicted octanol–water partition coefficient (Wildman–Crippen LogP) is 3.49. The molecule has 0 aromatic heterocycles. The van der Waals surface area contributed by atoms with Crippen molar-refractivity contribution in [3.63, 3.8) is 0 Å². The monoisotopic (exact) mass is 418 g/mol. The zero-order valence-electron chi connectivity index (χ0n) is 16.2. The summed E-state index contributed by atoms with van der Waals surface area (Å²) in [6, 6.07) is 14.0. The van der Waals surface area contributed by atoms with Crippen LogP contribution in [0.4, 0.5) is 5.69 Å². The molecule has 2 amide bonds. The van der Waals surface area contributed by atoms with Gasteiger partial charge in [0.25, 0.3) is 5.91 Å². The molecule has 0 saturated carbocycles. The molecule has 7 nitrogen and oxygen atoms in total. The molecule has 0 heterocycles. The summed E-state index contributed by atoms with van der Waals surface area (Å²) in [4.78, 5) is 35.8. The first-order valence-corrected chi connectivity index (χ1v) is 9.40. The third-order valence-electron chi connectivity index (χ3n) is 4.03. The highest BCUT2D eigenvalue weighted by Gasteiger charge is 2.14. The lowest BCUT2D eigenvalue weighted by Gasteiger charge is -2.14. The average molecular weight is 419 g/mol. The molecule has 2 N–H and O–H groups in total. The van der Waals surface area contributed by atoms with E-state index in [1.165, 1.54) is 7.11 Å². The Morgan fingerprint density at radius 3 is 2.45 bits per heavy atom. The van der Waals surface area contributed by atoms with E-state index >= 15 is 0 Å². The van der Waals surface area contributed by atoms with Crippen molar-refractivity contribution in [2.45, 2.75) is 25.8 Å². The van der Waals surface area contributed by atoms with E-state index in [1.807, 2.05) is 37.3 Å². The summed E-state index contributed by atoms with van der Waals surface area (Å²) < 4.78 is 10.1. The summed E-state index contributed by atoms with van der Waals surface area (Å²) in [7, 11) is 1.47. The molecule has 0 aliphatic rings. The summed E-state index contributed by atoms with van der Waals surface area (Å²) in [5, 5.41) is 5.82. The molecule has 0 radical (unpaired) electrons. The normalized spacial score (nSPS) is 11.3. The number of halogens is 1. The number of benzene rings is 2. The second-order valence-corrected chi connectivity index (χ2v) is 6.69. The van der Waals surface area contributed by atoms with E-state index in [0.717, 1.165) is 5.56 Å². The van der Waals surface area contributed by atoms with Gasteiger partial charge < -0.3 is 20.1 Å². The molecule has 8 heteroatoms. The summed E-state index contributed by atoms with van der Waals surface area (Å²) in [5.41, 5.74) is 1.35. The molecule has 154 valence electrons. The van der Waals surface area contributed by atoms with Gasteiger partial charge >= 0.3 is 5.97 Å². The highest BCUT2D eigenvalue weighted by molar-refractivity contribution is 6.31. The first kappa shape index (κ1) is 22.2. The van der Waals surface area contributed by atoms with Crippen LogP contribution in [-0.4, -0.2) is 31.5 Å². The first-order valence-electron chi connectivity index (χ1n) is 9.02. The van der Waals surface area contributed by atoms with Crippen LogP contribution >= 0.6 is 11.6 Å². The third kappa shape index (κ3) is 7.46. The van der Waals surface area contributed by atoms with Gasteiger partial charge in [0.2, 0.25) is 5.91 Å². The quantitative estimate of drug-likeness (QED) is 0.608. The standard InChI is InChI=1S/C21H23ClN2O5/c1-14(15-6-4-3-5-7-15)23-20(26)13-29-21(27)11-10-19(25)24-17-12-16(22)8-9-18(17)28-2/h3-9,12,14H,10-11,13H2,1-2H3,(H,23,26)(H,24,25)/t14-/m1/s1. The van der Waals surface area contributed by atoms with Crippen molar-refractivity contribution in [2.24, 2.45) is 0 Å². The largest absolute Gasteiger partial charge is 0.495 e. The van der Waals surface area contributed by atoms with Gasteiger partial charge in [0, 0.05) is 11.4 Å². The summed E-state index contributed by atoms with van der Waals surface area (Å²) in [5.74, 6) is -0.997. The lowest BCUT2D eigenvalue weighted by molar-refractivity contribution is -0.149. The SMILES string of the molecule is COc1ccc(Cl)cc1NC(=O)CCC(=O)OCC(=O)N[C@H](C)c1ccccc1. The Bertz CT molecular complexity index is 857. The average Bonchev–Trinajstić information content (AvgIpc) is 2.71. The van der Waals surface area contributed by atoms with Crippen molar-refractivity contribution in [3.05, 3.63) is 59.1 Å². The summed E-state index contributed by atoms with van der Waals surface area (Å²) in [6.45, 7) is 1.43. The number of amides is 2. The smallest absolute Gasteiger partial charge is 0.306 e. The van der Waals surface area contributed by atoms with Crippen LogP contribution in [0.2, 0.25) is 5.02 Å². The molecular formula is C21H23ClN2O5. The topological polar surface area (TPSA) is 93.7 Å². The fourth-order valence-electron chi connectivity index (χ4n) is 2.53. The molecule has 0 saturated heterocycles. The van der Waals surface area contributed by atoms with Gasteiger partial charge in [-0.15, -0.1) is 0 Å². The zero-order valence-corrected chi connectivity index (χ0v) is 17.0. The third-order valence-corrected chi connectivity index (χ3v) is 4.27. The van der Waals surface area contributed by atoms with Crippen LogP contribution in [-0.2, 0) is 19.1 Å². The van der Waals surface area contributed by atoms with Crippen LogP contribution in [0.5, 0.6) is 5.75 Å². The van der Waals surface area contributed by atoms with Crippen LogP contribution in [0.1, 0.15) is 31.4 Å². The number of esters is 1. The predicted molar refractivity (Wildman–Crippen MR) is 110 cm³/mol. The number of nitrogens with one attached hydrogen (secondary N) is 2. The van der Waals surface area contributed by atoms with E-state index < -0.39 is 24.4 Å². The van der Waals surface area contributed by atoms with Gasteiger partial charge in [-0.1, -0.05) is 41.9 Å². The number of hydrogen-bond donors (Lipinski definition) is 2. The van der Waals surface area contributed by atoms with Crippen LogP contribution in [0.15, 0.2) is 48.5 Å². The maximum atomic E-state index is 12.0. The first-order chi connectivity index (χ1) is 13.9. The molecule has 2 rings (SSSR count). The molecule has 1 atom stereocenters. The number of carbonyl (C=O) groups is 3. The van der Waals surface area contributed by atoms with E-state index in [2.05, 4.69) is 10.6 Å². The second kappa shape index (κ2) is 11.1. The fourth-order valence-corrected chi connectivity index (χ4v) is 2.70. The van der Waals surface area contributed by atoms with Crippen LogP contribution in [0.3, 0.4) is 0 Å². The van der Waals surface area contributed by atoms with Gasteiger partial charge in [-0.25, -0.2) is 0 Å². The van der Waals surface area contributed by atoms with Crippen LogP contribution in [0, 0.1) is 0 Å². The molecule has 0 spiro atoms. The summed E-state index contributed by atoms with van der Waals surface area (Å²) in [6.07, 6.45) is -0.257. The zero-order chi connectivity index (χ0) is 21.2. The molecule has 0 bridgehead atoms. The molecule has 0 aliphatic heterocycles. The molecule has 0 fully saturated rings. The molecule has 2 aromatic carbocycles. The molecule has 0 aliphatic carbocycles. The lowest BCUT2D eigenvalue weighted by Crippen LogP contribution is -2.31. The highest BCUT2D eigenvalue weighted by atomic mass is 35.5. The van der Waals surface area contributed by atoms with Gasteiger partial charge in [0.1, 0.15) is 5.75 Å². The maximum absolute atomic E-state index is 12.0. The fraction of sp³-hybridized carbons (Fsp3) is 0.286. The molecule has 0 unspecified atom stereocenters. The van der Waals surface area contributed by atoms with Crippen LogP contribution < -0.4 is 15.4 Å². The van der Waals surface area contributed by atoms with E-state index in [-0.39, 0.29) is 18.9 Å². The Kier molecular flexibility index (Phi) is 8.48. The van der Waals surface area contributed by atoms with Gasteiger partial charge in [-0.05, 0) is 30.7 Å². The minimum atomic E-state index is -0.638. The van der Waals surface area contributed by atoms with Gasteiger partial charge in [-0.3, -0.25) is 14.4 Å². The number of anilines is 1. The Morgan fingerprint density at radius 1 is 1.03 bits per heavy atom. The number of methoxy groups -OCH3 is 1. The van der Waals surface area contributed by atoms with Gasteiger partial charge in [-0.2, -0.15) is 0 Å². The maximum Gasteiger partial charge on any atom is 0.306 e. The van der Waals surface area contributed by atoms with E-state index in [0.29, 0.717) is 16.5 Å². The van der Waals surface area contributed by atoms with Gasteiger partial charge in [0.15, 0.2) is 6.61 Å². The minimum absolute atomic E-state index is 0.101. The van der Waals surface area contributed by atoms with Crippen molar-refractivity contribution in [3.8, 4) is 5.75 Å². The Labute approximate surface area is 174 Å². The lowest BCUT2D eigenvalue weighted by atomic mass is 10.1. The van der Waals surface area contributed by atoms with Crippen LogP contribution in [0.25, 0.3) is 0 Å². The Morgan fingerprint density at radius 2 is 1.76 bits per heavy atom. The van der Waals surface area contributed by atoms with Crippen molar-refractivity contribution >= 4 is 35.1 Å². The number of ether oxygens (including phenoxy) is 2. The number of hydrogen-bond acceptors (Lipinski definition) is 5.